The van der Waals surface area contributed by atoms with Crippen molar-refractivity contribution in [1.82, 2.24) is 25.3 Å². The molecule has 1 aromatic rings. The van der Waals surface area contributed by atoms with E-state index in [0.717, 1.165) is 77.0 Å². The highest BCUT2D eigenvalue weighted by Crippen LogP contribution is 2.22. The minimum Gasteiger partial charge on any atom is -0.379 e. The van der Waals surface area contributed by atoms with E-state index in [4.69, 9.17) is 9.73 Å². The Bertz CT molecular complexity index is 680. The number of nitrogens with zero attached hydrogens (tertiary/aromatic N) is 4. The maximum absolute atomic E-state index is 13.5. The summed E-state index contributed by atoms with van der Waals surface area (Å²) in [7, 11) is 2.21. The molecule has 0 aromatic heterocycles. The van der Waals surface area contributed by atoms with Gasteiger partial charge in [-0.25, -0.2) is 4.39 Å². The Morgan fingerprint density at radius 3 is 2.59 bits per heavy atom. The Kier molecular flexibility index (Phi) is 10.7. The highest BCUT2D eigenvalue weighted by molar-refractivity contribution is 5.79. The number of morpholine rings is 1. The standard InChI is InChI=1S/C24H41FN6O/c1-3-26-24(27-10-4-12-30-13-5-11-29(2)14-15-30)28-20-23(31-16-18-32-19-17-31)21-6-8-22(25)9-7-21/h6-9,23H,3-5,10-20H2,1-2H3,(H2,26,27,28). The van der Waals surface area contributed by atoms with E-state index in [1.54, 1.807) is 0 Å². The molecule has 2 heterocycles. The van der Waals surface area contributed by atoms with E-state index in [0.29, 0.717) is 6.54 Å². The number of hydrogen-bond acceptors (Lipinski definition) is 5. The van der Waals surface area contributed by atoms with E-state index in [-0.39, 0.29) is 11.9 Å². The average molecular weight is 449 g/mol. The van der Waals surface area contributed by atoms with Gasteiger partial charge in [-0.3, -0.25) is 9.89 Å². The Labute approximate surface area is 193 Å². The summed E-state index contributed by atoms with van der Waals surface area (Å²) in [4.78, 5) is 12.3. The Hall–Kier alpha value is -1.74. The first kappa shape index (κ1) is 24.9. The van der Waals surface area contributed by atoms with Crippen LogP contribution in [0.5, 0.6) is 0 Å². The molecule has 2 aliphatic heterocycles. The van der Waals surface area contributed by atoms with Gasteiger partial charge in [0.2, 0.25) is 0 Å². The van der Waals surface area contributed by atoms with Crippen molar-refractivity contribution in [2.24, 2.45) is 4.99 Å². The Morgan fingerprint density at radius 2 is 1.84 bits per heavy atom. The predicted molar refractivity (Wildman–Crippen MR) is 129 cm³/mol. The van der Waals surface area contributed by atoms with Gasteiger partial charge in [-0.05, 0) is 64.1 Å². The van der Waals surface area contributed by atoms with E-state index in [2.05, 4.69) is 39.3 Å². The maximum Gasteiger partial charge on any atom is 0.191 e. The van der Waals surface area contributed by atoms with Crippen LogP contribution < -0.4 is 10.6 Å². The summed E-state index contributed by atoms with van der Waals surface area (Å²) in [5, 5.41) is 6.87. The molecule has 7 nitrogen and oxygen atoms in total. The molecule has 180 valence electrons. The van der Waals surface area contributed by atoms with Crippen LogP contribution in [0.1, 0.15) is 31.4 Å². The third kappa shape index (κ3) is 8.31. The van der Waals surface area contributed by atoms with Gasteiger partial charge in [-0.15, -0.1) is 0 Å². The van der Waals surface area contributed by atoms with Gasteiger partial charge >= 0.3 is 0 Å². The number of aliphatic imine (C=N–C) groups is 1. The van der Waals surface area contributed by atoms with Gasteiger partial charge in [-0.1, -0.05) is 12.1 Å². The van der Waals surface area contributed by atoms with Crippen LogP contribution in [-0.2, 0) is 4.74 Å². The predicted octanol–water partition coefficient (Wildman–Crippen LogP) is 1.78. The van der Waals surface area contributed by atoms with Gasteiger partial charge in [0.1, 0.15) is 5.82 Å². The second-order valence-corrected chi connectivity index (χ2v) is 8.71. The Morgan fingerprint density at radius 1 is 1.06 bits per heavy atom. The molecule has 1 aromatic carbocycles. The smallest absolute Gasteiger partial charge is 0.191 e. The molecule has 0 spiro atoms. The Balaban J connectivity index is 1.54. The maximum atomic E-state index is 13.5. The quantitative estimate of drug-likeness (QED) is 0.341. The topological polar surface area (TPSA) is 55.4 Å². The fourth-order valence-electron chi connectivity index (χ4n) is 4.36. The van der Waals surface area contributed by atoms with E-state index in [9.17, 15) is 4.39 Å². The first-order chi connectivity index (χ1) is 15.7. The summed E-state index contributed by atoms with van der Waals surface area (Å²) in [5.41, 5.74) is 1.10. The largest absolute Gasteiger partial charge is 0.379 e. The van der Waals surface area contributed by atoms with Gasteiger partial charge in [0.25, 0.3) is 0 Å². The van der Waals surface area contributed by atoms with Crippen LogP contribution in [-0.4, -0.2) is 106 Å². The van der Waals surface area contributed by atoms with Crippen molar-refractivity contribution in [2.45, 2.75) is 25.8 Å². The number of guanidine groups is 1. The SMILES string of the molecule is CCNC(=NCC(c1ccc(F)cc1)N1CCOCC1)NCCCN1CCCN(C)CC1. The van der Waals surface area contributed by atoms with Crippen LogP contribution in [0.25, 0.3) is 0 Å². The number of ether oxygens (including phenoxy) is 1. The molecule has 32 heavy (non-hydrogen) atoms. The van der Waals surface area contributed by atoms with Gasteiger partial charge in [0, 0.05) is 39.3 Å². The summed E-state index contributed by atoms with van der Waals surface area (Å²) < 4.78 is 19.0. The fourth-order valence-corrected chi connectivity index (χ4v) is 4.36. The van der Waals surface area contributed by atoms with Gasteiger partial charge in [0.05, 0.1) is 25.8 Å². The minimum atomic E-state index is -0.205. The van der Waals surface area contributed by atoms with E-state index < -0.39 is 0 Å². The lowest BCUT2D eigenvalue weighted by Crippen LogP contribution is -2.42. The van der Waals surface area contributed by atoms with E-state index >= 15 is 0 Å². The molecule has 2 fully saturated rings. The molecule has 2 aliphatic rings. The molecule has 2 N–H and O–H groups in total. The van der Waals surface area contributed by atoms with Crippen molar-refractivity contribution >= 4 is 5.96 Å². The molecular weight excluding hydrogens is 407 g/mol. The van der Waals surface area contributed by atoms with Crippen molar-refractivity contribution < 1.29 is 9.13 Å². The zero-order valence-electron chi connectivity index (χ0n) is 19.9. The highest BCUT2D eigenvalue weighted by atomic mass is 19.1. The van der Waals surface area contributed by atoms with Crippen LogP contribution in [0.2, 0.25) is 0 Å². The van der Waals surface area contributed by atoms with Crippen LogP contribution in [0.4, 0.5) is 4.39 Å². The van der Waals surface area contributed by atoms with E-state index in [1.807, 2.05) is 12.1 Å². The van der Waals surface area contributed by atoms with Crippen LogP contribution >= 0.6 is 0 Å². The van der Waals surface area contributed by atoms with Crippen molar-refractivity contribution in [1.29, 1.82) is 0 Å². The number of rotatable bonds is 9. The zero-order valence-corrected chi connectivity index (χ0v) is 19.9. The molecule has 0 radical (unpaired) electrons. The average Bonchev–Trinajstić information content (AvgIpc) is 3.02. The molecule has 1 unspecified atom stereocenters. The number of nitrogens with one attached hydrogen (secondary N) is 2. The van der Waals surface area contributed by atoms with Crippen LogP contribution in [0.15, 0.2) is 29.3 Å². The molecule has 2 saturated heterocycles. The van der Waals surface area contributed by atoms with Crippen molar-refractivity contribution in [3.63, 3.8) is 0 Å². The van der Waals surface area contributed by atoms with Crippen molar-refractivity contribution in [3.8, 4) is 0 Å². The molecule has 0 amide bonds. The van der Waals surface area contributed by atoms with Crippen molar-refractivity contribution in [3.05, 3.63) is 35.6 Å². The molecule has 0 bridgehead atoms. The van der Waals surface area contributed by atoms with Crippen molar-refractivity contribution in [2.75, 3.05) is 85.7 Å². The second kappa shape index (κ2) is 13.7. The molecule has 8 heteroatoms. The zero-order chi connectivity index (χ0) is 22.6. The second-order valence-electron chi connectivity index (χ2n) is 8.71. The van der Waals surface area contributed by atoms with Crippen LogP contribution in [0.3, 0.4) is 0 Å². The third-order valence-corrected chi connectivity index (χ3v) is 6.26. The first-order valence-electron chi connectivity index (χ1n) is 12.2. The summed E-state index contributed by atoms with van der Waals surface area (Å²) in [6, 6.07) is 6.95. The number of likely N-dealkylation sites (N-methyl/N-ethyl adjacent to an activating group) is 1. The lowest BCUT2D eigenvalue weighted by atomic mass is 10.0. The normalized spacial score (nSPS) is 20.7. The fraction of sp³-hybridized carbons (Fsp3) is 0.708. The van der Waals surface area contributed by atoms with Gasteiger partial charge in [-0.2, -0.15) is 0 Å². The first-order valence-corrected chi connectivity index (χ1v) is 12.2. The minimum absolute atomic E-state index is 0.115. The highest BCUT2D eigenvalue weighted by Gasteiger charge is 2.22. The van der Waals surface area contributed by atoms with E-state index in [1.165, 1.54) is 31.6 Å². The van der Waals surface area contributed by atoms with Gasteiger partial charge < -0.3 is 25.2 Å². The lowest BCUT2D eigenvalue weighted by Gasteiger charge is -2.34. The summed E-state index contributed by atoms with van der Waals surface area (Å²) in [5.74, 6) is 0.646. The number of benzene rings is 1. The van der Waals surface area contributed by atoms with Gasteiger partial charge in [0.15, 0.2) is 5.96 Å². The molecular formula is C24H41FN6O. The molecule has 1 atom stereocenters. The summed E-state index contributed by atoms with van der Waals surface area (Å²) in [6.07, 6.45) is 2.35. The molecule has 0 aliphatic carbocycles. The van der Waals surface area contributed by atoms with Crippen LogP contribution in [0, 0.1) is 5.82 Å². The lowest BCUT2D eigenvalue weighted by molar-refractivity contribution is 0.0179. The number of hydrogen-bond donors (Lipinski definition) is 2. The molecule has 3 rings (SSSR count). The summed E-state index contributed by atoms with van der Waals surface area (Å²) in [6.45, 7) is 13.4. The monoisotopic (exact) mass is 448 g/mol. The number of halogens is 1. The molecule has 0 saturated carbocycles. The summed E-state index contributed by atoms with van der Waals surface area (Å²) >= 11 is 0. The third-order valence-electron chi connectivity index (χ3n) is 6.26.